The molecule has 2 rings (SSSR count). The lowest BCUT2D eigenvalue weighted by molar-refractivity contribution is -0.141. The molecule has 1 aliphatic heterocycles. The lowest BCUT2D eigenvalue weighted by atomic mass is 9.93. The third kappa shape index (κ3) is 1.56. The lowest BCUT2D eigenvalue weighted by Gasteiger charge is -2.23. The summed E-state index contributed by atoms with van der Waals surface area (Å²) in [5.41, 5.74) is 0.946. The Morgan fingerprint density at radius 3 is 2.92 bits per heavy atom. The van der Waals surface area contributed by atoms with E-state index < -0.39 is 5.79 Å². The van der Waals surface area contributed by atoms with Crippen LogP contribution in [0.3, 0.4) is 0 Å². The van der Waals surface area contributed by atoms with Crippen molar-refractivity contribution in [2.24, 2.45) is 10.9 Å². The zero-order valence-electron chi connectivity index (χ0n) is 8.12. The van der Waals surface area contributed by atoms with E-state index >= 15 is 0 Å². The Balaban J connectivity index is 2.17. The second-order valence-electron chi connectivity index (χ2n) is 4.11. The van der Waals surface area contributed by atoms with Gasteiger partial charge in [0.1, 0.15) is 6.10 Å². The van der Waals surface area contributed by atoms with Crippen molar-refractivity contribution >= 4 is 5.71 Å². The van der Waals surface area contributed by atoms with Gasteiger partial charge >= 0.3 is 0 Å². The third-order valence-electron chi connectivity index (χ3n) is 2.60. The first-order chi connectivity index (χ1) is 6.12. The van der Waals surface area contributed by atoms with Gasteiger partial charge in [0.05, 0.1) is 11.8 Å². The van der Waals surface area contributed by atoms with Gasteiger partial charge in [-0.1, -0.05) is 0 Å². The van der Waals surface area contributed by atoms with Crippen molar-refractivity contribution in [3.8, 4) is 0 Å². The molecule has 0 aromatic rings. The zero-order chi connectivity index (χ0) is 9.47. The Morgan fingerprint density at radius 2 is 2.23 bits per heavy atom. The van der Waals surface area contributed by atoms with Crippen LogP contribution in [0.2, 0.25) is 0 Å². The molecule has 0 amide bonds. The Labute approximate surface area is 78.1 Å². The van der Waals surface area contributed by atoms with E-state index in [0.29, 0.717) is 0 Å². The second kappa shape index (κ2) is 2.96. The molecule has 0 radical (unpaired) electrons. The minimum Gasteiger partial charge on any atom is -0.344 e. The summed E-state index contributed by atoms with van der Waals surface area (Å²) < 4.78 is 11.4. The molecule has 4 nitrogen and oxygen atoms in total. The molecule has 13 heavy (non-hydrogen) atoms. The van der Waals surface area contributed by atoms with Crippen LogP contribution in [0.5, 0.6) is 0 Å². The maximum Gasteiger partial charge on any atom is 0.164 e. The molecule has 0 aromatic heterocycles. The van der Waals surface area contributed by atoms with Gasteiger partial charge in [0.25, 0.3) is 0 Å². The van der Waals surface area contributed by atoms with E-state index in [9.17, 15) is 0 Å². The average Bonchev–Trinajstić information content (AvgIpc) is 2.37. The molecule has 1 saturated heterocycles. The zero-order valence-corrected chi connectivity index (χ0v) is 8.12. The van der Waals surface area contributed by atoms with Crippen molar-refractivity contribution in [3.63, 3.8) is 0 Å². The summed E-state index contributed by atoms with van der Waals surface area (Å²) in [5, 5.41) is 3.77. The highest BCUT2D eigenvalue weighted by molar-refractivity contribution is 5.90. The predicted octanol–water partition coefficient (Wildman–Crippen LogP) is 1.01. The molecular weight excluding hydrogens is 168 g/mol. The maximum absolute atomic E-state index is 5.73. The van der Waals surface area contributed by atoms with Crippen molar-refractivity contribution < 1.29 is 9.47 Å². The van der Waals surface area contributed by atoms with Gasteiger partial charge in [-0.15, -0.1) is 0 Å². The van der Waals surface area contributed by atoms with Crippen molar-refractivity contribution in [3.05, 3.63) is 0 Å². The molecule has 1 saturated carbocycles. The number of hydrogen-bond donors (Lipinski definition) is 1. The van der Waals surface area contributed by atoms with Gasteiger partial charge < -0.3 is 15.3 Å². The molecule has 2 unspecified atom stereocenters. The largest absolute Gasteiger partial charge is 0.344 e. The molecule has 2 N–H and O–H groups in total. The molecule has 1 heterocycles. The summed E-state index contributed by atoms with van der Waals surface area (Å²) in [6.07, 6.45) is 3.24. The highest BCUT2D eigenvalue weighted by atomic mass is 16.8. The van der Waals surface area contributed by atoms with E-state index in [1.807, 2.05) is 13.8 Å². The molecule has 2 atom stereocenters. The maximum atomic E-state index is 5.73. The van der Waals surface area contributed by atoms with Crippen LogP contribution in [0, 0.1) is 0 Å². The minimum atomic E-state index is -0.477. The summed E-state index contributed by atoms with van der Waals surface area (Å²) in [5.74, 6) is 4.82. The topological polar surface area (TPSA) is 56.8 Å². The van der Waals surface area contributed by atoms with Crippen LogP contribution in [-0.4, -0.2) is 23.7 Å². The lowest BCUT2D eigenvalue weighted by Crippen LogP contribution is -2.36. The summed E-state index contributed by atoms with van der Waals surface area (Å²) in [6.45, 7) is 3.86. The molecule has 2 fully saturated rings. The standard InChI is InChI=1S/C9H16N2O2/c1-9(2)12-7-5-3-4-6(11-10)8(7)13-9/h7-8H,3-5,10H2,1-2H3/b11-6+. The Kier molecular flexibility index (Phi) is 2.04. The molecule has 0 aromatic carbocycles. The smallest absolute Gasteiger partial charge is 0.164 e. The fourth-order valence-electron chi connectivity index (χ4n) is 2.09. The molecule has 2 aliphatic rings. The van der Waals surface area contributed by atoms with Crippen LogP contribution in [0.4, 0.5) is 0 Å². The normalized spacial score (nSPS) is 40.6. The summed E-state index contributed by atoms with van der Waals surface area (Å²) in [4.78, 5) is 0. The van der Waals surface area contributed by atoms with Crippen LogP contribution in [0.25, 0.3) is 0 Å². The fourth-order valence-corrected chi connectivity index (χ4v) is 2.09. The number of hydrazone groups is 1. The Hall–Kier alpha value is -0.610. The molecule has 0 spiro atoms. The summed E-state index contributed by atoms with van der Waals surface area (Å²) >= 11 is 0. The highest BCUT2D eigenvalue weighted by Crippen LogP contribution is 2.35. The molecular formula is C9H16N2O2. The molecule has 74 valence electrons. The van der Waals surface area contributed by atoms with Crippen LogP contribution in [0.1, 0.15) is 33.1 Å². The van der Waals surface area contributed by atoms with E-state index in [4.69, 9.17) is 15.3 Å². The van der Waals surface area contributed by atoms with Gasteiger partial charge in [0.15, 0.2) is 5.79 Å². The van der Waals surface area contributed by atoms with E-state index in [0.717, 1.165) is 25.0 Å². The fraction of sp³-hybridized carbons (Fsp3) is 0.889. The van der Waals surface area contributed by atoms with Gasteiger partial charge in [-0.3, -0.25) is 0 Å². The van der Waals surface area contributed by atoms with Crippen LogP contribution in [-0.2, 0) is 9.47 Å². The third-order valence-corrected chi connectivity index (χ3v) is 2.60. The number of fused-ring (bicyclic) bond motifs is 1. The number of hydrogen-bond acceptors (Lipinski definition) is 4. The summed E-state index contributed by atoms with van der Waals surface area (Å²) in [6, 6.07) is 0. The molecule has 4 heteroatoms. The summed E-state index contributed by atoms with van der Waals surface area (Å²) in [7, 11) is 0. The van der Waals surface area contributed by atoms with Crippen molar-refractivity contribution in [2.45, 2.75) is 51.1 Å². The number of nitrogens with zero attached hydrogens (tertiary/aromatic N) is 1. The van der Waals surface area contributed by atoms with E-state index in [1.165, 1.54) is 0 Å². The van der Waals surface area contributed by atoms with Crippen LogP contribution in [0.15, 0.2) is 5.10 Å². The minimum absolute atomic E-state index is 0.00579. The van der Waals surface area contributed by atoms with E-state index in [-0.39, 0.29) is 12.2 Å². The van der Waals surface area contributed by atoms with Gasteiger partial charge in [-0.2, -0.15) is 5.10 Å². The van der Waals surface area contributed by atoms with E-state index in [2.05, 4.69) is 5.10 Å². The highest BCUT2D eigenvalue weighted by Gasteiger charge is 2.45. The average molecular weight is 184 g/mol. The number of nitrogens with two attached hydrogens (primary N) is 1. The first-order valence-electron chi connectivity index (χ1n) is 4.75. The van der Waals surface area contributed by atoms with Gasteiger partial charge in [-0.25, -0.2) is 0 Å². The predicted molar refractivity (Wildman–Crippen MR) is 49.3 cm³/mol. The van der Waals surface area contributed by atoms with Gasteiger partial charge in [-0.05, 0) is 33.1 Å². The Bertz CT molecular complexity index is 238. The van der Waals surface area contributed by atoms with Crippen LogP contribution >= 0.6 is 0 Å². The van der Waals surface area contributed by atoms with Crippen molar-refractivity contribution in [1.82, 2.24) is 0 Å². The Morgan fingerprint density at radius 1 is 1.46 bits per heavy atom. The second-order valence-corrected chi connectivity index (χ2v) is 4.11. The van der Waals surface area contributed by atoms with Gasteiger partial charge in [0.2, 0.25) is 0 Å². The number of ether oxygens (including phenoxy) is 2. The monoisotopic (exact) mass is 184 g/mol. The number of rotatable bonds is 0. The quantitative estimate of drug-likeness (QED) is 0.451. The van der Waals surface area contributed by atoms with E-state index in [1.54, 1.807) is 0 Å². The molecule has 1 aliphatic carbocycles. The van der Waals surface area contributed by atoms with Crippen molar-refractivity contribution in [1.29, 1.82) is 0 Å². The van der Waals surface area contributed by atoms with Crippen molar-refractivity contribution in [2.75, 3.05) is 0 Å². The molecule has 0 bridgehead atoms. The van der Waals surface area contributed by atoms with Crippen LogP contribution < -0.4 is 5.84 Å². The SMILES string of the molecule is CC1(C)OC2CCC/C(=N\N)C2O1. The van der Waals surface area contributed by atoms with Gasteiger partial charge in [0, 0.05) is 0 Å². The first-order valence-corrected chi connectivity index (χ1v) is 4.75. The first kappa shape index (κ1) is 8.97.